The van der Waals surface area contributed by atoms with Crippen LogP contribution >= 0.6 is 0 Å². The highest BCUT2D eigenvalue weighted by molar-refractivity contribution is 6.04. The van der Waals surface area contributed by atoms with Crippen molar-refractivity contribution in [2.75, 3.05) is 32.0 Å². The Balaban J connectivity index is 1.53. The number of carbonyl (C=O) groups is 2. The zero-order valence-electron chi connectivity index (χ0n) is 17.3. The summed E-state index contributed by atoms with van der Waals surface area (Å²) < 4.78 is 17.2. The Morgan fingerprint density at radius 1 is 1.06 bits per heavy atom. The molecule has 0 radical (unpaired) electrons. The van der Waals surface area contributed by atoms with Gasteiger partial charge >= 0.3 is 0 Å². The van der Waals surface area contributed by atoms with E-state index in [1.54, 1.807) is 36.2 Å². The third kappa shape index (κ3) is 3.89. The van der Waals surface area contributed by atoms with Gasteiger partial charge in [-0.2, -0.15) is 5.10 Å². The Kier molecular flexibility index (Phi) is 5.48. The number of nitrogens with zero attached hydrogens (tertiary/aromatic N) is 2. The quantitative estimate of drug-likeness (QED) is 0.606. The average Bonchev–Trinajstić information content (AvgIpc) is 3.33. The minimum atomic E-state index is -0.751. The van der Waals surface area contributed by atoms with E-state index >= 15 is 0 Å². The van der Waals surface area contributed by atoms with E-state index in [9.17, 15) is 9.59 Å². The summed E-state index contributed by atoms with van der Waals surface area (Å²) >= 11 is 0. The average molecular weight is 422 g/mol. The molecule has 4 rings (SSSR count). The predicted octanol–water partition coefficient (Wildman–Crippen LogP) is 3.10. The number of rotatable bonds is 7. The molecule has 1 aliphatic heterocycles. The molecule has 0 spiro atoms. The molecule has 2 aromatic carbocycles. The molecule has 31 heavy (non-hydrogen) atoms. The SMILES string of the molecule is COc1ccc(-c2cnn3c2NC(=O)C3CC(=O)Nc2cc(OC)ccc2OC)cc1. The summed E-state index contributed by atoms with van der Waals surface area (Å²) in [6.45, 7) is 0. The first-order valence-electron chi connectivity index (χ1n) is 9.58. The Labute approximate surface area is 178 Å². The van der Waals surface area contributed by atoms with Gasteiger partial charge in [-0.3, -0.25) is 9.59 Å². The van der Waals surface area contributed by atoms with Gasteiger partial charge in [0.25, 0.3) is 5.91 Å². The van der Waals surface area contributed by atoms with E-state index in [1.165, 1.54) is 14.2 Å². The number of amides is 2. The fraction of sp³-hybridized carbons (Fsp3) is 0.227. The second kappa shape index (κ2) is 8.39. The molecule has 2 heterocycles. The van der Waals surface area contributed by atoms with E-state index in [1.807, 2.05) is 24.3 Å². The summed E-state index contributed by atoms with van der Waals surface area (Å²) in [5, 5.41) is 9.97. The number of benzene rings is 2. The maximum atomic E-state index is 12.7. The van der Waals surface area contributed by atoms with Crippen LogP contribution in [0.15, 0.2) is 48.7 Å². The van der Waals surface area contributed by atoms with Crippen molar-refractivity contribution < 1.29 is 23.8 Å². The molecule has 1 unspecified atom stereocenters. The molecule has 160 valence electrons. The Morgan fingerprint density at radius 3 is 2.45 bits per heavy atom. The number of nitrogens with one attached hydrogen (secondary N) is 2. The summed E-state index contributed by atoms with van der Waals surface area (Å²) in [6, 6.07) is 11.8. The maximum absolute atomic E-state index is 12.7. The Bertz CT molecular complexity index is 1120. The summed E-state index contributed by atoms with van der Waals surface area (Å²) in [5.41, 5.74) is 2.12. The van der Waals surface area contributed by atoms with Crippen LogP contribution in [0.5, 0.6) is 17.2 Å². The molecule has 1 aliphatic rings. The van der Waals surface area contributed by atoms with Crippen LogP contribution in [0.3, 0.4) is 0 Å². The molecule has 1 atom stereocenters. The van der Waals surface area contributed by atoms with Gasteiger partial charge in [-0.15, -0.1) is 0 Å². The fourth-order valence-corrected chi connectivity index (χ4v) is 3.48. The number of hydrogen-bond donors (Lipinski definition) is 2. The van der Waals surface area contributed by atoms with Crippen LogP contribution in [-0.4, -0.2) is 42.9 Å². The molecule has 9 heteroatoms. The van der Waals surface area contributed by atoms with Crippen LogP contribution < -0.4 is 24.8 Å². The lowest BCUT2D eigenvalue weighted by Crippen LogP contribution is -2.23. The minimum absolute atomic E-state index is 0.0804. The molecule has 2 N–H and O–H groups in total. The number of fused-ring (bicyclic) bond motifs is 1. The summed E-state index contributed by atoms with van der Waals surface area (Å²) in [5.74, 6) is 1.73. The van der Waals surface area contributed by atoms with Crippen molar-refractivity contribution >= 4 is 23.3 Å². The Hall–Kier alpha value is -4.01. The first-order valence-corrected chi connectivity index (χ1v) is 9.58. The van der Waals surface area contributed by atoms with Crippen molar-refractivity contribution in [3.8, 4) is 28.4 Å². The number of aromatic nitrogens is 2. The molecule has 0 bridgehead atoms. The zero-order valence-corrected chi connectivity index (χ0v) is 17.3. The standard InChI is InChI=1S/C22H22N4O5/c1-29-14-6-4-13(5-7-14)16-12-23-26-18(22(28)25-21(16)26)11-20(27)24-17-10-15(30-2)8-9-19(17)31-3/h4-10,12,18H,11H2,1-3H3,(H,24,27)(H,25,28). The molecule has 2 amide bonds. The van der Waals surface area contributed by atoms with Crippen LogP contribution in [0.4, 0.5) is 11.5 Å². The summed E-state index contributed by atoms with van der Waals surface area (Å²) in [4.78, 5) is 25.3. The molecule has 0 saturated carbocycles. The normalized spacial score (nSPS) is 14.5. The van der Waals surface area contributed by atoms with Crippen LogP contribution in [0.1, 0.15) is 12.5 Å². The highest BCUT2D eigenvalue weighted by atomic mass is 16.5. The van der Waals surface area contributed by atoms with Crippen molar-refractivity contribution in [3.05, 3.63) is 48.7 Å². The van der Waals surface area contributed by atoms with E-state index in [-0.39, 0.29) is 18.2 Å². The first-order chi connectivity index (χ1) is 15.0. The first kappa shape index (κ1) is 20.3. The lowest BCUT2D eigenvalue weighted by atomic mass is 10.1. The van der Waals surface area contributed by atoms with Crippen LogP contribution in [0.25, 0.3) is 11.1 Å². The van der Waals surface area contributed by atoms with Gasteiger partial charge in [0.2, 0.25) is 5.91 Å². The second-order valence-electron chi connectivity index (χ2n) is 6.90. The van der Waals surface area contributed by atoms with Gasteiger partial charge in [0.15, 0.2) is 0 Å². The molecule has 0 fully saturated rings. The van der Waals surface area contributed by atoms with Gasteiger partial charge in [-0.1, -0.05) is 12.1 Å². The number of anilines is 2. The second-order valence-corrected chi connectivity index (χ2v) is 6.90. The minimum Gasteiger partial charge on any atom is -0.497 e. The van der Waals surface area contributed by atoms with Crippen LogP contribution in [0.2, 0.25) is 0 Å². The predicted molar refractivity (Wildman–Crippen MR) is 115 cm³/mol. The van der Waals surface area contributed by atoms with Crippen molar-refractivity contribution in [2.24, 2.45) is 0 Å². The molecule has 1 aromatic heterocycles. The molecule has 0 saturated heterocycles. The lowest BCUT2D eigenvalue weighted by molar-refractivity contribution is -0.123. The smallest absolute Gasteiger partial charge is 0.251 e. The summed E-state index contributed by atoms with van der Waals surface area (Å²) in [7, 11) is 4.65. The molecule has 3 aromatic rings. The number of methoxy groups -OCH3 is 3. The largest absolute Gasteiger partial charge is 0.497 e. The highest BCUT2D eigenvalue weighted by Crippen LogP contribution is 2.36. The van der Waals surface area contributed by atoms with E-state index in [4.69, 9.17) is 14.2 Å². The van der Waals surface area contributed by atoms with Gasteiger partial charge < -0.3 is 24.8 Å². The van der Waals surface area contributed by atoms with Crippen molar-refractivity contribution in [3.63, 3.8) is 0 Å². The molecular weight excluding hydrogens is 400 g/mol. The maximum Gasteiger partial charge on any atom is 0.251 e. The van der Waals surface area contributed by atoms with E-state index < -0.39 is 6.04 Å². The van der Waals surface area contributed by atoms with E-state index in [0.29, 0.717) is 23.0 Å². The van der Waals surface area contributed by atoms with Gasteiger partial charge in [0.05, 0.1) is 39.6 Å². The Morgan fingerprint density at radius 2 is 1.77 bits per heavy atom. The monoisotopic (exact) mass is 422 g/mol. The third-order valence-corrected chi connectivity index (χ3v) is 5.10. The van der Waals surface area contributed by atoms with E-state index in [0.717, 1.165) is 16.9 Å². The van der Waals surface area contributed by atoms with E-state index in [2.05, 4.69) is 15.7 Å². The molecular formula is C22H22N4O5. The third-order valence-electron chi connectivity index (χ3n) is 5.10. The molecule has 0 aliphatic carbocycles. The topological polar surface area (TPSA) is 104 Å². The van der Waals surface area contributed by atoms with Crippen molar-refractivity contribution in [1.82, 2.24) is 9.78 Å². The van der Waals surface area contributed by atoms with Gasteiger partial charge in [0.1, 0.15) is 29.1 Å². The lowest BCUT2D eigenvalue weighted by Gasteiger charge is -2.13. The summed E-state index contributed by atoms with van der Waals surface area (Å²) in [6.07, 6.45) is 1.59. The number of ether oxygens (including phenoxy) is 3. The van der Waals surface area contributed by atoms with Crippen LogP contribution in [0, 0.1) is 0 Å². The van der Waals surface area contributed by atoms with Gasteiger partial charge in [-0.05, 0) is 29.8 Å². The number of carbonyl (C=O) groups excluding carboxylic acids is 2. The molecule has 9 nitrogen and oxygen atoms in total. The van der Waals surface area contributed by atoms with Crippen LogP contribution in [-0.2, 0) is 9.59 Å². The zero-order chi connectivity index (χ0) is 22.0. The van der Waals surface area contributed by atoms with Crippen molar-refractivity contribution in [2.45, 2.75) is 12.5 Å². The van der Waals surface area contributed by atoms with Gasteiger partial charge in [-0.25, -0.2) is 4.68 Å². The van der Waals surface area contributed by atoms with Crippen molar-refractivity contribution in [1.29, 1.82) is 0 Å². The van der Waals surface area contributed by atoms with Gasteiger partial charge in [0, 0.05) is 11.6 Å². The number of hydrogen-bond acceptors (Lipinski definition) is 6. The highest BCUT2D eigenvalue weighted by Gasteiger charge is 2.35. The fourth-order valence-electron chi connectivity index (χ4n) is 3.48.